The van der Waals surface area contributed by atoms with Crippen LogP contribution in [0.15, 0.2) is 0 Å². The molecule has 1 saturated carbocycles. The molecule has 18 heavy (non-hydrogen) atoms. The fraction of sp³-hybridized carbons (Fsp3) is 0.933. The molecule has 1 fully saturated rings. The van der Waals surface area contributed by atoms with Gasteiger partial charge in [0.15, 0.2) is 0 Å². The molecular weight excluding hydrogens is 226 g/mol. The first kappa shape index (κ1) is 15.5. The smallest absolute Gasteiger partial charge is 0.307 e. The molecule has 0 spiro atoms. The molecule has 0 radical (unpaired) electrons. The number of hydrogen-bond acceptors (Lipinski definition) is 3. The summed E-state index contributed by atoms with van der Waals surface area (Å²) in [6, 6.07) is 0.210. The molecule has 1 aliphatic carbocycles. The van der Waals surface area contributed by atoms with Crippen molar-refractivity contribution in [3.05, 3.63) is 0 Å². The molecular formula is C15H29NO2. The fourth-order valence-electron chi connectivity index (χ4n) is 3.24. The van der Waals surface area contributed by atoms with Crippen LogP contribution in [-0.2, 0) is 9.53 Å². The summed E-state index contributed by atoms with van der Waals surface area (Å²) in [5, 5.41) is 3.54. The Labute approximate surface area is 112 Å². The second-order valence-electron chi connectivity index (χ2n) is 6.37. The highest BCUT2D eigenvalue weighted by atomic mass is 16.5. The molecule has 0 aromatic heterocycles. The Morgan fingerprint density at radius 2 is 1.89 bits per heavy atom. The van der Waals surface area contributed by atoms with Gasteiger partial charge in [0, 0.05) is 12.6 Å². The van der Waals surface area contributed by atoms with Crippen molar-refractivity contribution in [3.8, 4) is 0 Å². The lowest BCUT2D eigenvalue weighted by Crippen LogP contribution is -2.39. The maximum absolute atomic E-state index is 11.2. The zero-order valence-electron chi connectivity index (χ0n) is 12.4. The quantitative estimate of drug-likeness (QED) is 0.710. The number of carbonyl (C=O) groups is 1. The van der Waals surface area contributed by atoms with E-state index in [4.69, 9.17) is 4.74 Å². The second-order valence-corrected chi connectivity index (χ2v) is 6.37. The second kappa shape index (κ2) is 7.13. The molecule has 1 aliphatic rings. The fourth-order valence-corrected chi connectivity index (χ4v) is 3.24. The topological polar surface area (TPSA) is 38.3 Å². The lowest BCUT2D eigenvalue weighted by molar-refractivity contribution is -0.141. The minimum absolute atomic E-state index is 0.126. The van der Waals surface area contributed by atoms with E-state index < -0.39 is 0 Å². The van der Waals surface area contributed by atoms with Crippen molar-refractivity contribution in [1.82, 2.24) is 5.32 Å². The molecule has 0 bridgehead atoms. The van der Waals surface area contributed by atoms with Crippen LogP contribution in [0, 0.1) is 11.3 Å². The zero-order valence-corrected chi connectivity index (χ0v) is 12.4. The van der Waals surface area contributed by atoms with Crippen LogP contribution in [0.4, 0.5) is 0 Å². The van der Waals surface area contributed by atoms with Gasteiger partial charge in [-0.25, -0.2) is 0 Å². The van der Waals surface area contributed by atoms with Crippen LogP contribution in [-0.4, -0.2) is 25.7 Å². The van der Waals surface area contributed by atoms with Gasteiger partial charge in [0.05, 0.1) is 13.5 Å². The average Bonchev–Trinajstić information content (AvgIpc) is 2.74. The Bertz CT molecular complexity index is 257. The van der Waals surface area contributed by atoms with Crippen LogP contribution in [0.2, 0.25) is 0 Å². The van der Waals surface area contributed by atoms with Crippen LogP contribution in [0.25, 0.3) is 0 Å². The van der Waals surface area contributed by atoms with Crippen molar-refractivity contribution in [1.29, 1.82) is 0 Å². The Morgan fingerprint density at radius 3 is 2.39 bits per heavy atom. The largest absolute Gasteiger partial charge is 0.469 e. The summed E-state index contributed by atoms with van der Waals surface area (Å²) < 4.78 is 4.70. The molecule has 0 saturated heterocycles. The summed E-state index contributed by atoms with van der Waals surface area (Å²) in [6.45, 7) is 7.72. The molecule has 3 heteroatoms. The predicted octanol–water partition coefficient (Wildman–Crippen LogP) is 3.13. The summed E-state index contributed by atoms with van der Waals surface area (Å²) in [5.74, 6) is 0.625. The Hall–Kier alpha value is -0.570. The van der Waals surface area contributed by atoms with Crippen molar-refractivity contribution in [2.45, 2.75) is 65.3 Å². The van der Waals surface area contributed by atoms with Gasteiger partial charge in [-0.2, -0.15) is 0 Å². The van der Waals surface area contributed by atoms with E-state index in [2.05, 4.69) is 26.1 Å². The highest BCUT2D eigenvalue weighted by molar-refractivity contribution is 5.69. The number of carbonyl (C=O) groups excluding carboxylic acids is 1. The Balaban J connectivity index is 2.40. The lowest BCUT2D eigenvalue weighted by atomic mass is 9.78. The minimum Gasteiger partial charge on any atom is -0.469 e. The summed E-state index contributed by atoms with van der Waals surface area (Å²) >= 11 is 0. The SMILES string of the molecule is COC(=O)CC(C)NCC1(CC(C)C)CCCC1. The van der Waals surface area contributed by atoms with Gasteiger partial charge in [0.25, 0.3) is 0 Å². The van der Waals surface area contributed by atoms with E-state index in [0.29, 0.717) is 11.8 Å². The van der Waals surface area contributed by atoms with Gasteiger partial charge in [0.1, 0.15) is 0 Å². The maximum atomic E-state index is 11.2. The van der Waals surface area contributed by atoms with Crippen LogP contribution in [0.1, 0.15) is 59.3 Å². The molecule has 0 aliphatic heterocycles. The third-order valence-corrected chi connectivity index (χ3v) is 4.03. The number of nitrogens with one attached hydrogen (secondary N) is 1. The summed E-state index contributed by atoms with van der Waals surface area (Å²) in [5.41, 5.74) is 0.471. The van der Waals surface area contributed by atoms with Crippen LogP contribution in [0.3, 0.4) is 0 Å². The number of hydrogen-bond donors (Lipinski definition) is 1. The van der Waals surface area contributed by atoms with Gasteiger partial charge in [-0.1, -0.05) is 26.7 Å². The van der Waals surface area contributed by atoms with Crippen molar-refractivity contribution in [2.24, 2.45) is 11.3 Å². The first-order chi connectivity index (χ1) is 8.47. The first-order valence-electron chi connectivity index (χ1n) is 7.28. The van der Waals surface area contributed by atoms with Gasteiger partial charge >= 0.3 is 5.97 Å². The first-order valence-corrected chi connectivity index (χ1v) is 7.28. The average molecular weight is 255 g/mol. The van der Waals surface area contributed by atoms with Gasteiger partial charge in [-0.3, -0.25) is 4.79 Å². The summed E-state index contributed by atoms with van der Waals surface area (Å²) in [4.78, 5) is 11.2. The molecule has 0 heterocycles. The zero-order chi connectivity index (χ0) is 13.6. The molecule has 106 valence electrons. The molecule has 1 atom stereocenters. The molecule has 3 nitrogen and oxygen atoms in total. The standard InChI is InChI=1S/C15H29NO2/c1-12(2)10-15(7-5-6-8-15)11-16-13(3)9-14(17)18-4/h12-13,16H,5-11H2,1-4H3. The van der Waals surface area contributed by atoms with Crippen molar-refractivity contribution < 1.29 is 9.53 Å². The monoisotopic (exact) mass is 255 g/mol. The predicted molar refractivity (Wildman–Crippen MR) is 74.5 cm³/mol. The van der Waals surface area contributed by atoms with E-state index >= 15 is 0 Å². The van der Waals surface area contributed by atoms with E-state index in [0.717, 1.165) is 12.5 Å². The molecule has 0 amide bonds. The molecule has 0 aromatic carbocycles. The van der Waals surface area contributed by atoms with E-state index in [9.17, 15) is 4.79 Å². The van der Waals surface area contributed by atoms with Gasteiger partial charge in [0.2, 0.25) is 0 Å². The number of esters is 1. The third-order valence-electron chi connectivity index (χ3n) is 4.03. The van der Waals surface area contributed by atoms with Gasteiger partial charge in [-0.15, -0.1) is 0 Å². The summed E-state index contributed by atoms with van der Waals surface area (Å²) in [7, 11) is 1.45. The van der Waals surface area contributed by atoms with Crippen LogP contribution < -0.4 is 5.32 Å². The number of methoxy groups -OCH3 is 1. The van der Waals surface area contributed by atoms with E-state index in [1.807, 2.05) is 0 Å². The third kappa shape index (κ3) is 4.97. The molecule has 0 aromatic rings. The van der Waals surface area contributed by atoms with Crippen molar-refractivity contribution in [2.75, 3.05) is 13.7 Å². The van der Waals surface area contributed by atoms with Crippen LogP contribution >= 0.6 is 0 Å². The van der Waals surface area contributed by atoms with Crippen molar-refractivity contribution >= 4 is 5.97 Å². The Morgan fingerprint density at radius 1 is 1.28 bits per heavy atom. The van der Waals surface area contributed by atoms with Gasteiger partial charge < -0.3 is 10.1 Å². The van der Waals surface area contributed by atoms with Crippen molar-refractivity contribution in [3.63, 3.8) is 0 Å². The minimum atomic E-state index is -0.126. The molecule has 1 unspecified atom stereocenters. The number of ether oxygens (including phenoxy) is 1. The highest BCUT2D eigenvalue weighted by Gasteiger charge is 2.34. The number of rotatable bonds is 7. The Kier molecular flexibility index (Phi) is 6.13. The summed E-state index contributed by atoms with van der Waals surface area (Å²) in [6.07, 6.45) is 7.16. The van der Waals surface area contributed by atoms with Crippen LogP contribution in [0.5, 0.6) is 0 Å². The maximum Gasteiger partial charge on any atom is 0.307 e. The van der Waals surface area contributed by atoms with E-state index in [1.54, 1.807) is 0 Å². The lowest BCUT2D eigenvalue weighted by Gasteiger charge is -2.32. The normalized spacial score (nSPS) is 20.1. The van der Waals surface area contributed by atoms with E-state index in [-0.39, 0.29) is 12.0 Å². The van der Waals surface area contributed by atoms with Gasteiger partial charge in [-0.05, 0) is 37.5 Å². The molecule has 1 N–H and O–H groups in total. The molecule has 1 rings (SSSR count). The van der Waals surface area contributed by atoms with E-state index in [1.165, 1.54) is 39.2 Å². The highest BCUT2D eigenvalue weighted by Crippen LogP contribution is 2.42.